The highest BCUT2D eigenvalue weighted by Gasteiger charge is 2.30. The number of anilines is 1. The van der Waals surface area contributed by atoms with Crippen molar-refractivity contribution < 1.29 is 19.7 Å². The van der Waals surface area contributed by atoms with E-state index in [0.29, 0.717) is 11.0 Å². The number of aliphatic hydroxyl groups is 2. The summed E-state index contributed by atoms with van der Waals surface area (Å²) in [4.78, 5) is 7.97. The molecule has 0 bridgehead atoms. The minimum absolute atomic E-state index is 0.0160. The smallest absolute Gasteiger partial charge is 0.223 e. The molecule has 0 spiro atoms. The summed E-state index contributed by atoms with van der Waals surface area (Å²) in [5, 5.41) is 20.3. The van der Waals surface area contributed by atoms with E-state index < -0.39 is 18.4 Å². The predicted octanol–water partition coefficient (Wildman–Crippen LogP) is 0.180. The molecule has 3 atom stereocenters. The van der Waals surface area contributed by atoms with Crippen LogP contribution in [0.3, 0.4) is 0 Å². The van der Waals surface area contributed by atoms with Crippen molar-refractivity contribution in [3.05, 3.63) is 17.4 Å². The third-order valence-corrected chi connectivity index (χ3v) is 3.50. The van der Waals surface area contributed by atoms with E-state index in [4.69, 9.17) is 26.8 Å². The molecule has 4 N–H and O–H groups in total. The topological polar surface area (TPSA) is 116 Å². The first-order valence-corrected chi connectivity index (χ1v) is 6.55. The minimum Gasteiger partial charge on any atom is -0.394 e. The van der Waals surface area contributed by atoms with Crippen molar-refractivity contribution in [1.82, 2.24) is 14.5 Å². The van der Waals surface area contributed by atoms with E-state index in [1.165, 1.54) is 14.2 Å². The number of ether oxygens (including phenoxy) is 2. The maximum absolute atomic E-state index is 10.3. The number of rotatable bonds is 6. The van der Waals surface area contributed by atoms with Crippen LogP contribution < -0.4 is 5.73 Å². The van der Waals surface area contributed by atoms with Crippen LogP contribution >= 0.6 is 11.6 Å². The normalized spacial score (nSPS) is 16.0. The SMILES string of the molecule is CO[C@H]([C@H](O)[C@@H](CO)OC)n1ccc2c(Cl)nc(N)nc21. The molecule has 2 aromatic heterocycles. The van der Waals surface area contributed by atoms with Gasteiger partial charge in [0.2, 0.25) is 5.95 Å². The number of halogens is 1. The average Bonchev–Trinajstić information content (AvgIpc) is 2.85. The number of nitrogens with zero attached hydrogens (tertiary/aromatic N) is 3. The van der Waals surface area contributed by atoms with E-state index in [0.717, 1.165) is 0 Å². The fourth-order valence-corrected chi connectivity index (χ4v) is 2.37. The number of methoxy groups -OCH3 is 2. The van der Waals surface area contributed by atoms with Crippen molar-refractivity contribution in [2.75, 3.05) is 26.6 Å². The standard InChI is InChI=1S/C12H17ClN4O4/c1-20-7(5-18)8(19)11(21-2)17-4-3-6-9(13)15-12(14)16-10(6)17/h3-4,7-8,11,18-19H,5H2,1-2H3,(H2,14,15,16)/t7-,8-,11-/m1/s1. The summed E-state index contributed by atoms with van der Waals surface area (Å²) in [6, 6.07) is 1.69. The zero-order valence-corrected chi connectivity index (χ0v) is 12.4. The van der Waals surface area contributed by atoms with Gasteiger partial charge in [-0.3, -0.25) is 0 Å². The summed E-state index contributed by atoms with van der Waals surface area (Å²) in [6.07, 6.45) is -1.10. The van der Waals surface area contributed by atoms with Gasteiger partial charge in [-0.2, -0.15) is 4.98 Å². The van der Waals surface area contributed by atoms with Crippen molar-refractivity contribution in [3.8, 4) is 0 Å². The zero-order valence-electron chi connectivity index (χ0n) is 11.6. The second-order valence-corrected chi connectivity index (χ2v) is 4.76. The van der Waals surface area contributed by atoms with Crippen LogP contribution in [0.1, 0.15) is 6.23 Å². The number of aromatic nitrogens is 3. The maximum atomic E-state index is 10.3. The maximum Gasteiger partial charge on any atom is 0.223 e. The number of hydrogen-bond donors (Lipinski definition) is 3. The van der Waals surface area contributed by atoms with Crippen LogP contribution in [0.2, 0.25) is 5.15 Å². The fourth-order valence-electron chi connectivity index (χ4n) is 2.14. The lowest BCUT2D eigenvalue weighted by molar-refractivity contribution is -0.129. The molecule has 0 saturated carbocycles. The summed E-state index contributed by atoms with van der Waals surface area (Å²) in [5.74, 6) is 0.0160. The highest BCUT2D eigenvalue weighted by molar-refractivity contribution is 6.34. The largest absolute Gasteiger partial charge is 0.394 e. The van der Waals surface area contributed by atoms with Gasteiger partial charge in [0.05, 0.1) is 12.0 Å². The number of aliphatic hydroxyl groups excluding tert-OH is 2. The number of nitrogens with two attached hydrogens (primary N) is 1. The van der Waals surface area contributed by atoms with Crippen LogP contribution in [0.15, 0.2) is 12.3 Å². The lowest BCUT2D eigenvalue weighted by Gasteiger charge is -2.28. The quantitative estimate of drug-likeness (QED) is 0.651. The van der Waals surface area contributed by atoms with Gasteiger partial charge in [0.15, 0.2) is 6.23 Å². The molecule has 2 aromatic rings. The van der Waals surface area contributed by atoms with Crippen LogP contribution in [0.4, 0.5) is 5.95 Å². The van der Waals surface area contributed by atoms with Gasteiger partial charge in [-0.15, -0.1) is 0 Å². The molecule has 21 heavy (non-hydrogen) atoms. The molecule has 0 aliphatic rings. The summed E-state index contributed by atoms with van der Waals surface area (Å²) in [6.45, 7) is -0.353. The third-order valence-electron chi connectivity index (χ3n) is 3.21. The Balaban J connectivity index is 2.48. The lowest BCUT2D eigenvalue weighted by atomic mass is 10.2. The van der Waals surface area contributed by atoms with Gasteiger partial charge in [0.1, 0.15) is 23.0 Å². The van der Waals surface area contributed by atoms with Gasteiger partial charge >= 0.3 is 0 Å². The monoisotopic (exact) mass is 316 g/mol. The van der Waals surface area contributed by atoms with Crippen molar-refractivity contribution in [2.45, 2.75) is 18.4 Å². The van der Waals surface area contributed by atoms with Crippen LogP contribution in [0.5, 0.6) is 0 Å². The molecule has 0 saturated heterocycles. The molecule has 0 aliphatic carbocycles. The molecular formula is C12H17ClN4O4. The number of hydrogen-bond acceptors (Lipinski definition) is 7. The molecule has 0 radical (unpaired) electrons. The fraction of sp³-hybridized carbons (Fsp3) is 0.500. The first kappa shape index (κ1) is 15.9. The molecule has 0 fully saturated rings. The second kappa shape index (κ2) is 6.54. The molecule has 2 rings (SSSR count). The van der Waals surface area contributed by atoms with E-state index >= 15 is 0 Å². The first-order valence-electron chi connectivity index (χ1n) is 6.17. The van der Waals surface area contributed by atoms with Crippen molar-refractivity contribution in [3.63, 3.8) is 0 Å². The Morgan fingerprint density at radius 1 is 1.38 bits per heavy atom. The summed E-state index contributed by atoms with van der Waals surface area (Å²) < 4.78 is 11.9. The Hall–Kier alpha value is -1.45. The summed E-state index contributed by atoms with van der Waals surface area (Å²) in [5.41, 5.74) is 6.02. The highest BCUT2D eigenvalue weighted by atomic mass is 35.5. The van der Waals surface area contributed by atoms with Crippen molar-refractivity contribution >= 4 is 28.6 Å². The van der Waals surface area contributed by atoms with Crippen LogP contribution in [-0.2, 0) is 9.47 Å². The summed E-state index contributed by atoms with van der Waals surface area (Å²) >= 11 is 6.01. The van der Waals surface area contributed by atoms with Gasteiger partial charge in [-0.25, -0.2) is 4.98 Å². The van der Waals surface area contributed by atoms with Crippen LogP contribution in [0.25, 0.3) is 11.0 Å². The van der Waals surface area contributed by atoms with E-state index in [1.54, 1.807) is 16.8 Å². The Labute approximate surface area is 126 Å². The number of fused-ring (bicyclic) bond motifs is 1. The molecular weight excluding hydrogens is 300 g/mol. The predicted molar refractivity (Wildman–Crippen MR) is 76.9 cm³/mol. The number of nitrogen functional groups attached to an aromatic ring is 1. The van der Waals surface area contributed by atoms with E-state index in [9.17, 15) is 10.2 Å². The zero-order chi connectivity index (χ0) is 15.6. The Bertz CT molecular complexity index is 617. The van der Waals surface area contributed by atoms with Crippen molar-refractivity contribution in [2.24, 2.45) is 0 Å². The summed E-state index contributed by atoms with van der Waals surface area (Å²) in [7, 11) is 2.82. The van der Waals surface area contributed by atoms with E-state index in [-0.39, 0.29) is 17.7 Å². The Kier molecular flexibility index (Phi) is 4.96. The average molecular weight is 317 g/mol. The van der Waals surface area contributed by atoms with Crippen LogP contribution in [-0.4, -0.2) is 57.8 Å². The third kappa shape index (κ3) is 2.94. The van der Waals surface area contributed by atoms with Gasteiger partial charge in [0, 0.05) is 20.4 Å². The Morgan fingerprint density at radius 2 is 2.10 bits per heavy atom. The van der Waals surface area contributed by atoms with Crippen LogP contribution in [0, 0.1) is 0 Å². The Morgan fingerprint density at radius 3 is 2.67 bits per heavy atom. The van der Waals surface area contributed by atoms with Gasteiger partial charge in [-0.1, -0.05) is 11.6 Å². The lowest BCUT2D eigenvalue weighted by Crippen LogP contribution is -2.39. The molecule has 0 aliphatic heterocycles. The molecule has 2 heterocycles. The highest BCUT2D eigenvalue weighted by Crippen LogP contribution is 2.27. The molecule has 8 nitrogen and oxygen atoms in total. The molecule has 0 unspecified atom stereocenters. The molecule has 0 amide bonds. The van der Waals surface area contributed by atoms with Crippen molar-refractivity contribution in [1.29, 1.82) is 0 Å². The molecule has 9 heteroatoms. The molecule has 116 valence electrons. The minimum atomic E-state index is -1.12. The van der Waals surface area contributed by atoms with Gasteiger partial charge < -0.3 is 30.0 Å². The first-order chi connectivity index (χ1) is 10.0. The molecule has 0 aromatic carbocycles. The van der Waals surface area contributed by atoms with Gasteiger partial charge in [0.25, 0.3) is 0 Å². The van der Waals surface area contributed by atoms with Gasteiger partial charge in [-0.05, 0) is 6.07 Å². The van der Waals surface area contributed by atoms with E-state index in [1.807, 2.05) is 0 Å². The van der Waals surface area contributed by atoms with E-state index in [2.05, 4.69) is 9.97 Å². The second-order valence-electron chi connectivity index (χ2n) is 4.41.